The van der Waals surface area contributed by atoms with Gasteiger partial charge < -0.3 is 14.7 Å². The van der Waals surface area contributed by atoms with Crippen molar-refractivity contribution < 1.29 is 0 Å². The van der Waals surface area contributed by atoms with Gasteiger partial charge >= 0.3 is 0 Å². The SMILES string of the molecule is C=CN(C)c1cc(-c2cc(Cl)c3ccc(C(=C)N4CCN(C(=C)CCCC)CC4)cc3n2)ccc1C. The molecule has 0 N–H and O–H groups in total. The first kappa shape index (κ1) is 25.8. The summed E-state index contributed by atoms with van der Waals surface area (Å²) in [6.07, 6.45) is 5.30. The highest BCUT2D eigenvalue weighted by Gasteiger charge is 2.20. The summed E-state index contributed by atoms with van der Waals surface area (Å²) in [7, 11) is 2.00. The van der Waals surface area contributed by atoms with Crippen molar-refractivity contribution in [2.75, 3.05) is 38.1 Å². The molecule has 0 aliphatic carbocycles. The Balaban J connectivity index is 1.57. The molecular weight excluding hydrogens is 464 g/mol. The van der Waals surface area contributed by atoms with Crippen LogP contribution in [0.5, 0.6) is 0 Å². The van der Waals surface area contributed by atoms with Crippen LogP contribution >= 0.6 is 11.6 Å². The molecule has 0 bridgehead atoms. The highest BCUT2D eigenvalue weighted by atomic mass is 35.5. The normalized spacial score (nSPS) is 13.7. The highest BCUT2D eigenvalue weighted by Crippen LogP contribution is 2.33. The van der Waals surface area contributed by atoms with E-state index in [-0.39, 0.29) is 0 Å². The van der Waals surface area contributed by atoms with Gasteiger partial charge in [0.05, 0.1) is 16.2 Å². The average molecular weight is 501 g/mol. The van der Waals surface area contributed by atoms with Gasteiger partial charge in [-0.2, -0.15) is 0 Å². The Kier molecular flexibility index (Phi) is 8.05. The zero-order valence-corrected chi connectivity index (χ0v) is 22.6. The van der Waals surface area contributed by atoms with E-state index < -0.39 is 0 Å². The number of aryl methyl sites for hydroxylation is 1. The summed E-state index contributed by atoms with van der Waals surface area (Å²) in [6, 6.07) is 14.6. The topological polar surface area (TPSA) is 22.6 Å². The van der Waals surface area contributed by atoms with Crippen LogP contribution in [0.25, 0.3) is 27.9 Å². The molecule has 1 fully saturated rings. The van der Waals surface area contributed by atoms with Crippen LogP contribution < -0.4 is 4.90 Å². The van der Waals surface area contributed by atoms with Crippen LogP contribution in [0.4, 0.5) is 5.69 Å². The molecule has 2 aromatic carbocycles. The number of pyridine rings is 1. The number of unbranched alkanes of at least 4 members (excludes halogenated alkanes) is 1. The molecule has 4 rings (SSSR count). The molecule has 0 spiro atoms. The molecule has 36 heavy (non-hydrogen) atoms. The van der Waals surface area contributed by atoms with E-state index in [0.717, 1.165) is 71.7 Å². The lowest BCUT2D eigenvalue weighted by atomic mass is 10.0. The average Bonchev–Trinajstić information content (AvgIpc) is 2.90. The third-order valence-electron chi connectivity index (χ3n) is 7.18. The summed E-state index contributed by atoms with van der Waals surface area (Å²) in [5.41, 5.74) is 8.41. The molecular formula is C31H37ClN4. The van der Waals surface area contributed by atoms with Crippen molar-refractivity contribution in [3.05, 3.63) is 90.2 Å². The molecule has 2 heterocycles. The third-order valence-corrected chi connectivity index (χ3v) is 7.49. The van der Waals surface area contributed by atoms with Gasteiger partial charge in [-0.15, -0.1) is 0 Å². The molecule has 1 saturated heterocycles. The number of fused-ring (bicyclic) bond motifs is 1. The fourth-order valence-electron chi connectivity index (χ4n) is 4.77. The van der Waals surface area contributed by atoms with Crippen LogP contribution in [-0.4, -0.2) is 48.0 Å². The highest BCUT2D eigenvalue weighted by molar-refractivity contribution is 6.35. The Morgan fingerprint density at radius 1 is 1.06 bits per heavy atom. The Morgan fingerprint density at radius 3 is 2.47 bits per heavy atom. The van der Waals surface area contributed by atoms with E-state index in [4.69, 9.17) is 16.6 Å². The van der Waals surface area contributed by atoms with Gasteiger partial charge in [0.2, 0.25) is 0 Å². The van der Waals surface area contributed by atoms with Gasteiger partial charge in [-0.1, -0.05) is 68.9 Å². The number of hydrogen-bond donors (Lipinski definition) is 0. The smallest absolute Gasteiger partial charge is 0.0731 e. The first-order valence-corrected chi connectivity index (χ1v) is 13.1. The molecule has 1 aliphatic rings. The lowest BCUT2D eigenvalue weighted by Gasteiger charge is -2.39. The Morgan fingerprint density at radius 2 is 1.78 bits per heavy atom. The van der Waals surface area contributed by atoms with Gasteiger partial charge in [0, 0.05) is 61.3 Å². The van der Waals surface area contributed by atoms with Crippen molar-refractivity contribution in [3.63, 3.8) is 0 Å². The van der Waals surface area contributed by atoms with Crippen LogP contribution in [-0.2, 0) is 0 Å². The van der Waals surface area contributed by atoms with E-state index in [2.05, 4.69) is 79.8 Å². The number of rotatable bonds is 9. The second-order valence-electron chi connectivity index (χ2n) is 9.61. The van der Waals surface area contributed by atoms with Gasteiger partial charge in [-0.25, -0.2) is 4.98 Å². The number of benzene rings is 2. The lowest BCUT2D eigenvalue weighted by Crippen LogP contribution is -2.44. The minimum Gasteiger partial charge on any atom is -0.372 e. The predicted octanol–water partition coefficient (Wildman–Crippen LogP) is 7.74. The number of allylic oxidation sites excluding steroid dienone is 1. The standard InChI is InChI=1S/C31H37ClN4/c1-7-9-10-23(4)35-15-17-36(18-16-35)24(5)25-13-14-27-28(32)21-29(33-30(27)19-25)26-12-11-22(3)31(20-26)34(6)8-2/h8,11-14,19-21H,2,4-5,7,9-10,15-18H2,1,3,6H3. The maximum atomic E-state index is 6.72. The first-order valence-electron chi connectivity index (χ1n) is 12.8. The summed E-state index contributed by atoms with van der Waals surface area (Å²) in [6.45, 7) is 20.8. The Hall–Kier alpha value is -3.24. The molecule has 1 aromatic heterocycles. The van der Waals surface area contributed by atoms with Crippen LogP contribution in [0, 0.1) is 6.92 Å². The molecule has 0 radical (unpaired) electrons. The zero-order valence-electron chi connectivity index (χ0n) is 21.9. The van der Waals surface area contributed by atoms with Crippen molar-refractivity contribution in [2.24, 2.45) is 0 Å². The minimum absolute atomic E-state index is 0.700. The van der Waals surface area contributed by atoms with Gasteiger partial charge in [0.25, 0.3) is 0 Å². The van der Waals surface area contributed by atoms with Crippen molar-refractivity contribution in [1.29, 1.82) is 0 Å². The molecule has 0 amide bonds. The number of aromatic nitrogens is 1. The third kappa shape index (κ3) is 5.44. The van der Waals surface area contributed by atoms with E-state index in [9.17, 15) is 0 Å². The maximum Gasteiger partial charge on any atom is 0.0731 e. The summed E-state index contributed by atoms with van der Waals surface area (Å²) in [5, 5.41) is 1.65. The van der Waals surface area contributed by atoms with Crippen LogP contribution in [0.3, 0.4) is 0 Å². The molecule has 0 unspecified atom stereocenters. The predicted molar refractivity (Wildman–Crippen MR) is 156 cm³/mol. The van der Waals surface area contributed by atoms with Gasteiger partial charge in [-0.05, 0) is 55.3 Å². The van der Waals surface area contributed by atoms with E-state index >= 15 is 0 Å². The van der Waals surface area contributed by atoms with Gasteiger partial charge in [0.15, 0.2) is 0 Å². The molecule has 1 aliphatic heterocycles. The van der Waals surface area contributed by atoms with Gasteiger partial charge in [-0.3, -0.25) is 0 Å². The molecule has 4 nitrogen and oxygen atoms in total. The van der Waals surface area contributed by atoms with Crippen molar-refractivity contribution in [2.45, 2.75) is 33.1 Å². The van der Waals surface area contributed by atoms with Crippen molar-refractivity contribution in [1.82, 2.24) is 14.8 Å². The maximum absolute atomic E-state index is 6.72. The summed E-state index contributed by atoms with van der Waals surface area (Å²) in [4.78, 5) is 11.8. The van der Waals surface area contributed by atoms with Crippen molar-refractivity contribution in [3.8, 4) is 11.3 Å². The monoisotopic (exact) mass is 500 g/mol. The van der Waals surface area contributed by atoms with Crippen LogP contribution in [0.1, 0.15) is 37.3 Å². The number of piperazine rings is 1. The largest absolute Gasteiger partial charge is 0.372 e. The fourth-order valence-corrected chi connectivity index (χ4v) is 5.04. The summed E-state index contributed by atoms with van der Waals surface area (Å²) < 4.78 is 0. The fraction of sp³-hybridized carbons (Fsp3) is 0.323. The number of anilines is 1. The van der Waals surface area contributed by atoms with E-state index in [1.807, 2.05) is 24.2 Å². The molecule has 188 valence electrons. The summed E-state index contributed by atoms with van der Waals surface area (Å²) in [5.74, 6) is 0. The second kappa shape index (κ2) is 11.2. The minimum atomic E-state index is 0.700. The number of halogens is 1. The van der Waals surface area contributed by atoms with E-state index in [1.165, 1.54) is 24.1 Å². The van der Waals surface area contributed by atoms with Crippen molar-refractivity contribution >= 4 is 33.9 Å². The van der Waals surface area contributed by atoms with Crippen LogP contribution in [0.2, 0.25) is 5.02 Å². The molecule has 5 heteroatoms. The quantitative estimate of drug-likeness (QED) is 0.299. The molecule has 0 saturated carbocycles. The zero-order chi connectivity index (χ0) is 25.8. The van der Waals surface area contributed by atoms with E-state index in [1.54, 1.807) is 0 Å². The Bertz CT molecular complexity index is 1290. The van der Waals surface area contributed by atoms with E-state index in [0.29, 0.717) is 5.02 Å². The summed E-state index contributed by atoms with van der Waals surface area (Å²) >= 11 is 6.72. The van der Waals surface area contributed by atoms with Crippen LogP contribution in [0.15, 0.2) is 74.1 Å². The second-order valence-corrected chi connectivity index (χ2v) is 10.0. The lowest BCUT2D eigenvalue weighted by molar-refractivity contribution is 0.209. The first-order chi connectivity index (χ1) is 17.3. The van der Waals surface area contributed by atoms with Gasteiger partial charge in [0.1, 0.15) is 0 Å². The molecule has 0 atom stereocenters. The Labute approximate surface area is 221 Å². The molecule has 3 aromatic rings. The number of nitrogens with zero attached hydrogens (tertiary/aromatic N) is 4. The number of hydrogen-bond acceptors (Lipinski definition) is 4.